The van der Waals surface area contributed by atoms with E-state index in [1.165, 1.54) is 18.4 Å². The molecular weight excluding hydrogens is 540 g/mol. The number of aromatic nitrogens is 2. The van der Waals surface area contributed by atoms with E-state index in [9.17, 15) is 4.79 Å². The van der Waals surface area contributed by atoms with Crippen LogP contribution in [-0.4, -0.2) is 41.0 Å². The molecule has 3 aromatic carbocycles. The number of carbonyl (C=O) groups is 1. The Bertz CT molecular complexity index is 1480. The van der Waals surface area contributed by atoms with Crippen molar-refractivity contribution in [3.63, 3.8) is 0 Å². The number of hydrogen-bond donors (Lipinski definition) is 1. The maximum Gasteiger partial charge on any atom is 0.407 e. The van der Waals surface area contributed by atoms with Crippen LogP contribution in [-0.2, 0) is 30.9 Å². The summed E-state index contributed by atoms with van der Waals surface area (Å²) in [4.78, 5) is 19.4. The van der Waals surface area contributed by atoms with Gasteiger partial charge in [-0.2, -0.15) is 0 Å². The predicted molar refractivity (Wildman–Crippen MR) is 169 cm³/mol. The van der Waals surface area contributed by atoms with E-state index < -0.39 is 6.09 Å². The fourth-order valence-corrected chi connectivity index (χ4v) is 5.37. The van der Waals surface area contributed by atoms with Crippen molar-refractivity contribution in [1.29, 1.82) is 0 Å². The molecule has 226 valence electrons. The maximum absolute atomic E-state index is 11.6. The molecule has 0 saturated carbocycles. The molecule has 8 heteroatoms. The quantitative estimate of drug-likeness (QED) is 0.167. The number of unbranched alkanes of at least 4 members (excludes halogenated alkanes) is 2. The number of amides is 1. The summed E-state index contributed by atoms with van der Waals surface area (Å²) >= 11 is 0. The SMILES string of the molecule is CCCCN(Cc1ccc2c(c1)OCO2)Cc1c(-c2ccc(CNC(=O)OC)cc2)nc(-c2ccccc2)n1CCCC. The minimum atomic E-state index is -0.442. The molecule has 1 aliphatic heterocycles. The number of ether oxygens (including phenoxy) is 3. The Kier molecular flexibility index (Phi) is 10.3. The van der Waals surface area contributed by atoms with Gasteiger partial charge in [-0.15, -0.1) is 0 Å². The Labute approximate surface area is 254 Å². The molecule has 4 aromatic rings. The highest BCUT2D eigenvalue weighted by molar-refractivity contribution is 5.69. The zero-order valence-corrected chi connectivity index (χ0v) is 25.5. The molecule has 5 rings (SSSR count). The summed E-state index contributed by atoms with van der Waals surface area (Å²) in [6.45, 7) is 8.58. The maximum atomic E-state index is 11.6. The number of carbonyl (C=O) groups excluding carboxylic acids is 1. The second-order valence-corrected chi connectivity index (χ2v) is 10.9. The highest BCUT2D eigenvalue weighted by Gasteiger charge is 2.23. The summed E-state index contributed by atoms with van der Waals surface area (Å²) in [7, 11) is 1.37. The van der Waals surface area contributed by atoms with Gasteiger partial charge in [0.1, 0.15) is 5.82 Å². The lowest BCUT2D eigenvalue weighted by Crippen LogP contribution is -2.26. The molecule has 0 bridgehead atoms. The predicted octanol–water partition coefficient (Wildman–Crippen LogP) is 7.40. The molecular formula is C35H42N4O4. The van der Waals surface area contributed by atoms with Crippen molar-refractivity contribution in [2.24, 2.45) is 0 Å². The minimum Gasteiger partial charge on any atom is -0.454 e. The highest BCUT2D eigenvalue weighted by Crippen LogP contribution is 2.34. The van der Waals surface area contributed by atoms with Crippen LogP contribution in [0, 0.1) is 0 Å². The van der Waals surface area contributed by atoms with Gasteiger partial charge in [0.25, 0.3) is 0 Å². The zero-order chi connectivity index (χ0) is 30.0. The van der Waals surface area contributed by atoms with Crippen LogP contribution >= 0.6 is 0 Å². The number of nitrogens with zero attached hydrogens (tertiary/aromatic N) is 3. The van der Waals surface area contributed by atoms with Crippen molar-refractivity contribution < 1.29 is 19.0 Å². The van der Waals surface area contributed by atoms with Crippen LogP contribution in [0.25, 0.3) is 22.6 Å². The van der Waals surface area contributed by atoms with Gasteiger partial charge < -0.3 is 24.1 Å². The number of fused-ring (bicyclic) bond motifs is 1. The fraction of sp³-hybridized carbons (Fsp3) is 0.371. The molecule has 0 unspecified atom stereocenters. The van der Waals surface area contributed by atoms with E-state index in [-0.39, 0.29) is 6.79 Å². The zero-order valence-electron chi connectivity index (χ0n) is 25.5. The smallest absolute Gasteiger partial charge is 0.407 e. The van der Waals surface area contributed by atoms with Crippen LogP contribution < -0.4 is 14.8 Å². The molecule has 1 amide bonds. The van der Waals surface area contributed by atoms with E-state index >= 15 is 0 Å². The van der Waals surface area contributed by atoms with Gasteiger partial charge in [0.2, 0.25) is 6.79 Å². The van der Waals surface area contributed by atoms with Crippen molar-refractivity contribution in [3.8, 4) is 34.1 Å². The first kappa shape index (κ1) is 30.2. The van der Waals surface area contributed by atoms with E-state index in [4.69, 9.17) is 19.2 Å². The molecule has 1 N–H and O–H groups in total. The molecule has 0 saturated heterocycles. The average Bonchev–Trinajstić information content (AvgIpc) is 3.66. The summed E-state index contributed by atoms with van der Waals surface area (Å²) in [5, 5.41) is 2.76. The lowest BCUT2D eigenvalue weighted by atomic mass is 10.1. The summed E-state index contributed by atoms with van der Waals surface area (Å²) in [5.41, 5.74) is 6.58. The lowest BCUT2D eigenvalue weighted by molar-refractivity contribution is 0.170. The number of alkyl carbamates (subject to hydrolysis) is 1. The summed E-state index contributed by atoms with van der Waals surface area (Å²) in [6, 6.07) is 25.0. The second kappa shape index (κ2) is 14.7. The van der Waals surface area contributed by atoms with Crippen LogP contribution in [0.3, 0.4) is 0 Å². The van der Waals surface area contributed by atoms with E-state index in [0.29, 0.717) is 6.54 Å². The second-order valence-electron chi connectivity index (χ2n) is 10.9. The molecule has 0 radical (unpaired) electrons. The Morgan fingerprint density at radius 2 is 1.65 bits per heavy atom. The largest absolute Gasteiger partial charge is 0.454 e. The van der Waals surface area contributed by atoms with Crippen molar-refractivity contribution in [2.45, 2.75) is 65.7 Å². The van der Waals surface area contributed by atoms with Gasteiger partial charge in [0.05, 0.1) is 18.5 Å². The van der Waals surface area contributed by atoms with E-state index in [1.54, 1.807) is 0 Å². The molecule has 0 fully saturated rings. The Hall–Kier alpha value is -4.30. The van der Waals surface area contributed by atoms with Crippen molar-refractivity contribution in [3.05, 3.63) is 89.6 Å². The summed E-state index contributed by atoms with van der Waals surface area (Å²) in [5.74, 6) is 2.62. The first-order valence-electron chi connectivity index (χ1n) is 15.3. The van der Waals surface area contributed by atoms with Crippen LogP contribution in [0.2, 0.25) is 0 Å². The summed E-state index contributed by atoms with van der Waals surface area (Å²) < 4.78 is 18.4. The third kappa shape index (κ3) is 7.56. The number of hydrogen-bond acceptors (Lipinski definition) is 6. The van der Waals surface area contributed by atoms with Crippen LogP contribution in [0.5, 0.6) is 11.5 Å². The van der Waals surface area contributed by atoms with Crippen LogP contribution in [0.4, 0.5) is 4.79 Å². The number of imidazole rings is 1. The van der Waals surface area contributed by atoms with E-state index in [0.717, 1.165) is 91.6 Å². The van der Waals surface area contributed by atoms with Crippen LogP contribution in [0.1, 0.15) is 56.4 Å². The molecule has 1 aliphatic rings. The third-order valence-electron chi connectivity index (χ3n) is 7.73. The standard InChI is InChI=1S/C35H42N4O4/c1-4-6-19-38(23-27-15-18-31-32(21-27)43-25-42-31)24-30-33(28-16-13-26(14-17-28)22-36-35(40)41-3)37-34(39(30)20-7-5-2)29-11-9-8-10-12-29/h8-18,21H,4-7,19-20,22-25H2,1-3H3,(H,36,40). The number of nitrogens with one attached hydrogen (secondary N) is 1. The highest BCUT2D eigenvalue weighted by atomic mass is 16.7. The van der Waals surface area contributed by atoms with E-state index in [1.807, 2.05) is 24.3 Å². The topological polar surface area (TPSA) is 77.8 Å². The third-order valence-corrected chi connectivity index (χ3v) is 7.73. The number of rotatable bonds is 14. The Morgan fingerprint density at radius 3 is 2.40 bits per heavy atom. The normalized spacial score (nSPS) is 12.1. The van der Waals surface area contributed by atoms with Gasteiger partial charge in [-0.3, -0.25) is 4.90 Å². The minimum absolute atomic E-state index is 0.276. The van der Waals surface area contributed by atoms with Crippen molar-refractivity contribution in [1.82, 2.24) is 19.8 Å². The van der Waals surface area contributed by atoms with Crippen molar-refractivity contribution >= 4 is 6.09 Å². The van der Waals surface area contributed by atoms with Gasteiger partial charge in [0.15, 0.2) is 11.5 Å². The fourth-order valence-electron chi connectivity index (χ4n) is 5.37. The van der Waals surface area contributed by atoms with Gasteiger partial charge in [-0.05, 0) is 42.6 Å². The lowest BCUT2D eigenvalue weighted by Gasteiger charge is -2.24. The molecule has 43 heavy (non-hydrogen) atoms. The first-order chi connectivity index (χ1) is 21.1. The molecule has 8 nitrogen and oxygen atoms in total. The Balaban J connectivity index is 1.53. The Morgan fingerprint density at radius 1 is 0.907 bits per heavy atom. The number of benzene rings is 3. The van der Waals surface area contributed by atoms with Gasteiger partial charge >= 0.3 is 6.09 Å². The first-order valence-corrected chi connectivity index (χ1v) is 15.3. The van der Waals surface area contributed by atoms with Crippen LogP contribution in [0.15, 0.2) is 72.8 Å². The van der Waals surface area contributed by atoms with E-state index in [2.05, 4.69) is 77.2 Å². The van der Waals surface area contributed by atoms with Gasteiger partial charge in [0, 0.05) is 37.3 Å². The summed E-state index contributed by atoms with van der Waals surface area (Å²) in [6.07, 6.45) is 3.95. The molecule has 0 atom stereocenters. The van der Waals surface area contributed by atoms with Crippen molar-refractivity contribution in [2.75, 3.05) is 20.4 Å². The van der Waals surface area contributed by atoms with Gasteiger partial charge in [-0.1, -0.05) is 87.4 Å². The molecule has 2 heterocycles. The molecule has 1 aromatic heterocycles. The number of methoxy groups -OCH3 is 1. The average molecular weight is 583 g/mol. The molecule has 0 aliphatic carbocycles. The monoisotopic (exact) mass is 582 g/mol. The van der Waals surface area contributed by atoms with Gasteiger partial charge in [-0.25, -0.2) is 9.78 Å². The molecule has 0 spiro atoms.